The number of aryl methyl sites for hydroxylation is 4. The molecule has 328 valence electrons. The van der Waals surface area contributed by atoms with Gasteiger partial charge in [-0.2, -0.15) is 16.8 Å². The molecule has 0 amide bonds. The van der Waals surface area contributed by atoms with Crippen molar-refractivity contribution in [2.24, 2.45) is 0 Å². The van der Waals surface area contributed by atoms with Crippen LogP contribution in [0, 0.1) is 41.5 Å². The van der Waals surface area contributed by atoms with Crippen molar-refractivity contribution in [3.63, 3.8) is 0 Å². The van der Waals surface area contributed by atoms with Gasteiger partial charge in [-0.15, -0.1) is 0 Å². The molecule has 0 saturated carbocycles. The summed E-state index contributed by atoms with van der Waals surface area (Å²) < 4.78 is 137. The molecule has 5 rings (SSSR count). The van der Waals surface area contributed by atoms with E-state index in [0.717, 1.165) is 29.7 Å². The minimum Gasteiger partial charge on any atom is -0.496 e. The maximum absolute atomic E-state index is 13.0. The van der Waals surface area contributed by atoms with E-state index in [2.05, 4.69) is 20.1 Å². The smallest absolute Gasteiger partial charge is 0.294 e. The topological polar surface area (TPSA) is 244 Å². The van der Waals surface area contributed by atoms with E-state index in [1.807, 2.05) is 26.0 Å². The molecule has 6 N–H and O–H groups in total. The van der Waals surface area contributed by atoms with Crippen LogP contribution in [0.3, 0.4) is 0 Å². The standard InChI is InChI=1S/C41H48N4O12S4/c1-22-17-24(3)40(44-58(9,46)47)26(5)38(22)42-28-11-14-31(34(19-28)56-7)37(33-16-13-30(60(50,51)52)21-36(33)61(53,54)55)32-15-12-29(20-35(32)57-8)43-39-23(2)18-25(4)41(27(39)6)45-59(10,48)49/h11-21,37,42-45H,1-10H3,(H,50,51,52)(H,53,54,55). The van der Waals surface area contributed by atoms with Crippen molar-refractivity contribution in [3.05, 3.63) is 117 Å². The Morgan fingerprint density at radius 2 is 0.869 bits per heavy atom. The van der Waals surface area contributed by atoms with Crippen LogP contribution >= 0.6 is 0 Å². The van der Waals surface area contributed by atoms with Crippen LogP contribution in [-0.2, 0) is 40.3 Å². The predicted molar refractivity (Wildman–Crippen MR) is 238 cm³/mol. The van der Waals surface area contributed by atoms with Crippen LogP contribution in [-0.4, -0.2) is 69.5 Å². The lowest BCUT2D eigenvalue weighted by Gasteiger charge is -2.26. The van der Waals surface area contributed by atoms with Gasteiger partial charge in [0.2, 0.25) is 20.0 Å². The second kappa shape index (κ2) is 17.2. The van der Waals surface area contributed by atoms with Crippen LogP contribution < -0.4 is 29.6 Å². The molecule has 5 aromatic carbocycles. The Kier molecular flexibility index (Phi) is 13.1. The summed E-state index contributed by atoms with van der Waals surface area (Å²) in [5.74, 6) is -0.719. The molecule has 0 radical (unpaired) electrons. The van der Waals surface area contributed by atoms with Gasteiger partial charge >= 0.3 is 0 Å². The third-order valence-electron chi connectivity index (χ3n) is 10.0. The van der Waals surface area contributed by atoms with Crippen LogP contribution in [0.25, 0.3) is 0 Å². The van der Waals surface area contributed by atoms with E-state index >= 15 is 0 Å². The Balaban J connectivity index is 1.73. The van der Waals surface area contributed by atoms with Crippen molar-refractivity contribution >= 4 is 74.4 Å². The molecule has 0 aromatic heterocycles. The normalized spacial score (nSPS) is 12.3. The van der Waals surface area contributed by atoms with Gasteiger partial charge in [0.15, 0.2) is 0 Å². The fourth-order valence-electron chi connectivity index (χ4n) is 7.42. The number of nitrogens with one attached hydrogen (secondary N) is 4. The van der Waals surface area contributed by atoms with Gasteiger partial charge in [-0.1, -0.05) is 30.3 Å². The SMILES string of the molecule is COc1cc(Nc2c(C)cc(C)c(NS(C)(=O)=O)c2C)ccc1C(c1ccc(Nc2c(C)cc(C)c(NS(C)(=O)=O)c2C)cc1OC)c1ccc(S(=O)(=O)O)cc1S(=O)(=O)O. The van der Waals surface area contributed by atoms with Gasteiger partial charge in [-0.25, -0.2) is 16.8 Å². The predicted octanol–water partition coefficient (Wildman–Crippen LogP) is 7.46. The number of ether oxygens (including phenoxy) is 2. The number of anilines is 6. The second-order valence-electron chi connectivity index (χ2n) is 14.8. The average molecular weight is 917 g/mol. The first-order valence-electron chi connectivity index (χ1n) is 18.3. The molecule has 16 nitrogen and oxygen atoms in total. The first-order valence-corrected chi connectivity index (χ1v) is 25.0. The maximum atomic E-state index is 13.0. The largest absolute Gasteiger partial charge is 0.496 e. The van der Waals surface area contributed by atoms with Crippen LogP contribution in [0.1, 0.15) is 56.0 Å². The summed E-state index contributed by atoms with van der Waals surface area (Å²) in [6.07, 6.45) is 2.12. The van der Waals surface area contributed by atoms with Crippen LogP contribution in [0.2, 0.25) is 0 Å². The maximum Gasteiger partial charge on any atom is 0.294 e. The first-order chi connectivity index (χ1) is 28.1. The average Bonchev–Trinajstić information content (AvgIpc) is 3.14. The molecule has 5 aromatic rings. The van der Waals surface area contributed by atoms with Gasteiger partial charge in [-0.3, -0.25) is 18.5 Å². The Labute approximate surface area is 357 Å². The zero-order valence-corrected chi connectivity index (χ0v) is 38.3. The summed E-state index contributed by atoms with van der Waals surface area (Å²) in [5, 5.41) is 6.68. The van der Waals surface area contributed by atoms with Crippen LogP contribution in [0.4, 0.5) is 34.1 Å². The highest BCUT2D eigenvalue weighted by Crippen LogP contribution is 2.46. The van der Waals surface area contributed by atoms with Crippen molar-refractivity contribution in [2.45, 2.75) is 57.3 Å². The summed E-state index contributed by atoms with van der Waals surface area (Å²) in [6.45, 7) is 10.8. The van der Waals surface area contributed by atoms with E-state index in [0.29, 0.717) is 73.6 Å². The fourth-order valence-corrected chi connectivity index (χ4v) is 10.1. The first kappa shape index (κ1) is 46.7. The minimum absolute atomic E-state index is 0.101. The van der Waals surface area contributed by atoms with Crippen molar-refractivity contribution in [1.82, 2.24) is 0 Å². The second-order valence-corrected chi connectivity index (χ2v) is 21.1. The lowest BCUT2D eigenvalue weighted by atomic mass is 9.83. The number of benzene rings is 5. The lowest BCUT2D eigenvalue weighted by Crippen LogP contribution is -2.14. The number of rotatable bonds is 15. The Hall–Kier alpha value is -5.38. The van der Waals surface area contributed by atoms with E-state index in [9.17, 15) is 42.8 Å². The summed E-state index contributed by atoms with van der Waals surface area (Å²) >= 11 is 0. The third kappa shape index (κ3) is 10.6. The number of hydrogen-bond donors (Lipinski definition) is 6. The molecule has 0 heterocycles. The van der Waals surface area contributed by atoms with E-state index in [1.54, 1.807) is 64.1 Å². The number of sulfonamides is 2. The van der Waals surface area contributed by atoms with Gasteiger partial charge in [0, 0.05) is 51.9 Å². The molecule has 0 aliphatic heterocycles. The molecular formula is C41H48N4O12S4. The Morgan fingerprint density at radius 1 is 0.492 bits per heavy atom. The molecule has 20 heteroatoms. The quantitative estimate of drug-likeness (QED) is 0.0441. The molecule has 0 saturated heterocycles. The van der Waals surface area contributed by atoms with E-state index in [4.69, 9.17) is 9.47 Å². The van der Waals surface area contributed by atoms with E-state index < -0.39 is 56.0 Å². The van der Waals surface area contributed by atoms with E-state index in [1.165, 1.54) is 20.3 Å². The Bertz CT molecular complexity index is 2880. The van der Waals surface area contributed by atoms with Crippen molar-refractivity contribution in [1.29, 1.82) is 0 Å². The van der Waals surface area contributed by atoms with Crippen molar-refractivity contribution < 1.29 is 52.3 Å². The highest BCUT2D eigenvalue weighted by Gasteiger charge is 2.31. The molecule has 0 aliphatic rings. The highest BCUT2D eigenvalue weighted by atomic mass is 32.2. The zero-order valence-electron chi connectivity index (χ0n) is 35.0. The molecule has 61 heavy (non-hydrogen) atoms. The van der Waals surface area contributed by atoms with E-state index in [-0.39, 0.29) is 17.1 Å². The monoisotopic (exact) mass is 916 g/mol. The molecule has 0 spiro atoms. The zero-order chi connectivity index (χ0) is 45.6. The fraction of sp³-hybridized carbons (Fsp3) is 0.268. The summed E-state index contributed by atoms with van der Waals surface area (Å²) in [5.41, 5.74) is 7.91. The highest BCUT2D eigenvalue weighted by molar-refractivity contribution is 7.92. The summed E-state index contributed by atoms with van der Waals surface area (Å²) in [6, 6.07) is 16.4. The molecule has 0 bridgehead atoms. The van der Waals surface area contributed by atoms with Gasteiger partial charge < -0.3 is 20.1 Å². The molecule has 0 fully saturated rings. The summed E-state index contributed by atoms with van der Waals surface area (Å²) in [7, 11) is -14.5. The van der Waals surface area contributed by atoms with Crippen LogP contribution in [0.5, 0.6) is 11.5 Å². The van der Waals surface area contributed by atoms with Gasteiger partial charge in [0.25, 0.3) is 20.2 Å². The third-order valence-corrected chi connectivity index (χ3v) is 12.9. The molecule has 0 unspecified atom stereocenters. The molecular weight excluding hydrogens is 869 g/mol. The lowest BCUT2D eigenvalue weighted by molar-refractivity contribution is 0.402. The van der Waals surface area contributed by atoms with Gasteiger partial charge in [-0.05, 0) is 105 Å². The van der Waals surface area contributed by atoms with Crippen LogP contribution in [0.15, 0.2) is 76.5 Å². The Morgan fingerprint density at radius 3 is 1.21 bits per heavy atom. The van der Waals surface area contributed by atoms with Gasteiger partial charge in [0.1, 0.15) is 11.5 Å². The van der Waals surface area contributed by atoms with Crippen molar-refractivity contribution in [3.8, 4) is 11.5 Å². The number of hydrogen-bond acceptors (Lipinski definition) is 12. The molecule has 0 atom stereocenters. The number of methoxy groups -OCH3 is 2. The van der Waals surface area contributed by atoms with Crippen molar-refractivity contribution in [2.75, 3.05) is 46.8 Å². The summed E-state index contributed by atoms with van der Waals surface area (Å²) in [4.78, 5) is -1.59. The molecule has 0 aliphatic carbocycles. The van der Waals surface area contributed by atoms with Gasteiger partial charge in [0.05, 0.1) is 47.9 Å². The minimum atomic E-state index is -5.15.